The molecular weight excluding hydrogens is 284 g/mol. The molecule has 1 aromatic carbocycles. The van der Waals surface area contributed by atoms with Gasteiger partial charge in [-0.3, -0.25) is 4.79 Å². The van der Waals surface area contributed by atoms with Crippen LogP contribution in [0.1, 0.15) is 38.2 Å². The summed E-state index contributed by atoms with van der Waals surface area (Å²) < 4.78 is 0. The Morgan fingerprint density at radius 1 is 1.29 bits per heavy atom. The molecule has 0 heterocycles. The van der Waals surface area contributed by atoms with Crippen molar-refractivity contribution in [3.8, 4) is 0 Å². The number of hydrogen-bond acceptors (Lipinski definition) is 2. The molecule has 0 spiro atoms. The molecule has 0 aromatic heterocycles. The monoisotopic (exact) mass is 310 g/mol. The number of benzene rings is 1. The average Bonchev–Trinajstić information content (AvgIpc) is 2.49. The Balaban J connectivity index is 0.00000220. The van der Waals surface area contributed by atoms with Crippen LogP contribution < -0.4 is 11.1 Å². The standard InChI is InChI=1S/C17H26N2O.ClH/c1-13(12-18)17(20)19-16-10-6-5-9-15(16)11-14-7-3-2-4-8-14;/h2-4,7-8,13,15-16H,5-6,9-12,18H2,1H3,(H,19,20);1H. The zero-order valence-corrected chi connectivity index (χ0v) is 13.6. The fourth-order valence-electron chi connectivity index (χ4n) is 2.99. The molecule has 1 fully saturated rings. The minimum absolute atomic E-state index is 0. The molecule has 1 aliphatic carbocycles. The number of carbonyl (C=O) groups is 1. The van der Waals surface area contributed by atoms with Crippen molar-refractivity contribution in [1.82, 2.24) is 5.32 Å². The highest BCUT2D eigenvalue weighted by Crippen LogP contribution is 2.27. The summed E-state index contributed by atoms with van der Waals surface area (Å²) in [6, 6.07) is 10.9. The van der Waals surface area contributed by atoms with E-state index >= 15 is 0 Å². The van der Waals surface area contributed by atoms with E-state index in [1.54, 1.807) is 0 Å². The van der Waals surface area contributed by atoms with Crippen molar-refractivity contribution in [3.05, 3.63) is 35.9 Å². The first-order valence-electron chi connectivity index (χ1n) is 7.75. The van der Waals surface area contributed by atoms with Gasteiger partial charge in [-0.1, -0.05) is 50.1 Å². The lowest BCUT2D eigenvalue weighted by molar-refractivity contribution is -0.125. The summed E-state index contributed by atoms with van der Waals surface area (Å²) in [6.07, 6.45) is 5.85. The maximum atomic E-state index is 12.0. The van der Waals surface area contributed by atoms with Crippen LogP contribution in [0.25, 0.3) is 0 Å². The van der Waals surface area contributed by atoms with Crippen LogP contribution in [0.15, 0.2) is 30.3 Å². The Kier molecular flexibility index (Phi) is 7.76. The van der Waals surface area contributed by atoms with E-state index in [0.29, 0.717) is 18.5 Å². The van der Waals surface area contributed by atoms with Gasteiger partial charge in [0.1, 0.15) is 0 Å². The third-order valence-corrected chi connectivity index (χ3v) is 4.38. The van der Waals surface area contributed by atoms with Gasteiger partial charge in [-0.25, -0.2) is 0 Å². The van der Waals surface area contributed by atoms with Crippen LogP contribution in [0.4, 0.5) is 0 Å². The van der Waals surface area contributed by atoms with E-state index in [2.05, 4.69) is 29.6 Å². The van der Waals surface area contributed by atoms with Gasteiger partial charge in [-0.15, -0.1) is 12.4 Å². The Bertz CT molecular complexity index is 424. The lowest BCUT2D eigenvalue weighted by Crippen LogP contribution is -2.46. The molecule has 1 saturated carbocycles. The third kappa shape index (κ3) is 5.33. The van der Waals surface area contributed by atoms with E-state index in [9.17, 15) is 4.79 Å². The molecule has 0 bridgehead atoms. The van der Waals surface area contributed by atoms with Crippen LogP contribution >= 0.6 is 12.4 Å². The smallest absolute Gasteiger partial charge is 0.224 e. The number of halogens is 1. The number of carbonyl (C=O) groups excluding carboxylic acids is 1. The maximum absolute atomic E-state index is 12.0. The Morgan fingerprint density at radius 3 is 2.62 bits per heavy atom. The molecule has 0 aliphatic heterocycles. The number of rotatable bonds is 5. The Labute approximate surface area is 134 Å². The van der Waals surface area contributed by atoms with Gasteiger partial charge in [-0.05, 0) is 30.7 Å². The van der Waals surface area contributed by atoms with Crippen molar-refractivity contribution >= 4 is 18.3 Å². The van der Waals surface area contributed by atoms with E-state index in [4.69, 9.17) is 5.73 Å². The predicted octanol–water partition coefficient (Wildman–Crippen LogP) is 2.92. The van der Waals surface area contributed by atoms with E-state index in [1.807, 2.05) is 13.0 Å². The van der Waals surface area contributed by atoms with Gasteiger partial charge in [0.15, 0.2) is 0 Å². The normalized spacial score (nSPS) is 23.0. The predicted molar refractivity (Wildman–Crippen MR) is 89.5 cm³/mol. The van der Waals surface area contributed by atoms with Gasteiger partial charge in [0.25, 0.3) is 0 Å². The first-order valence-corrected chi connectivity index (χ1v) is 7.75. The van der Waals surface area contributed by atoms with Gasteiger partial charge in [0.2, 0.25) is 5.91 Å². The van der Waals surface area contributed by atoms with Crippen LogP contribution in [0.2, 0.25) is 0 Å². The second kappa shape index (κ2) is 9.06. The molecular formula is C17H27ClN2O. The third-order valence-electron chi connectivity index (χ3n) is 4.38. The number of nitrogens with one attached hydrogen (secondary N) is 1. The fraction of sp³-hybridized carbons (Fsp3) is 0.588. The summed E-state index contributed by atoms with van der Waals surface area (Å²) >= 11 is 0. The number of hydrogen-bond donors (Lipinski definition) is 2. The molecule has 1 aromatic rings. The molecule has 3 atom stereocenters. The largest absolute Gasteiger partial charge is 0.353 e. The minimum Gasteiger partial charge on any atom is -0.353 e. The molecule has 21 heavy (non-hydrogen) atoms. The van der Waals surface area contributed by atoms with Crippen molar-refractivity contribution in [2.24, 2.45) is 17.6 Å². The lowest BCUT2D eigenvalue weighted by Gasteiger charge is -2.33. The summed E-state index contributed by atoms with van der Waals surface area (Å²) in [6.45, 7) is 2.31. The van der Waals surface area contributed by atoms with Crippen LogP contribution in [0.3, 0.4) is 0 Å². The number of nitrogens with two attached hydrogens (primary N) is 1. The summed E-state index contributed by atoms with van der Waals surface area (Å²) in [4.78, 5) is 12.0. The quantitative estimate of drug-likeness (QED) is 0.878. The molecule has 0 saturated heterocycles. The summed E-state index contributed by atoms with van der Waals surface area (Å²) in [5, 5.41) is 3.22. The Morgan fingerprint density at radius 2 is 1.95 bits per heavy atom. The lowest BCUT2D eigenvalue weighted by atomic mass is 9.80. The molecule has 118 valence electrons. The molecule has 2 rings (SSSR count). The first-order chi connectivity index (χ1) is 9.70. The van der Waals surface area contributed by atoms with Crippen molar-refractivity contribution < 1.29 is 4.79 Å². The fourth-order valence-corrected chi connectivity index (χ4v) is 2.99. The maximum Gasteiger partial charge on any atom is 0.224 e. The highest BCUT2D eigenvalue weighted by molar-refractivity contribution is 5.85. The highest BCUT2D eigenvalue weighted by Gasteiger charge is 2.27. The van der Waals surface area contributed by atoms with Crippen LogP contribution in [-0.4, -0.2) is 18.5 Å². The molecule has 3 unspecified atom stereocenters. The highest BCUT2D eigenvalue weighted by atomic mass is 35.5. The van der Waals surface area contributed by atoms with Gasteiger partial charge in [-0.2, -0.15) is 0 Å². The molecule has 4 heteroatoms. The second-order valence-electron chi connectivity index (χ2n) is 5.99. The molecule has 1 amide bonds. The van der Waals surface area contributed by atoms with Crippen LogP contribution in [0.5, 0.6) is 0 Å². The zero-order valence-electron chi connectivity index (χ0n) is 12.8. The van der Waals surface area contributed by atoms with Crippen molar-refractivity contribution in [2.75, 3.05) is 6.54 Å². The summed E-state index contributed by atoms with van der Waals surface area (Å²) in [5.41, 5.74) is 6.94. The van der Waals surface area contributed by atoms with E-state index in [0.717, 1.165) is 12.8 Å². The minimum atomic E-state index is -0.0886. The van der Waals surface area contributed by atoms with E-state index in [1.165, 1.54) is 24.8 Å². The second-order valence-corrected chi connectivity index (χ2v) is 5.99. The topological polar surface area (TPSA) is 55.1 Å². The van der Waals surface area contributed by atoms with Gasteiger partial charge in [0, 0.05) is 18.5 Å². The van der Waals surface area contributed by atoms with Gasteiger partial charge >= 0.3 is 0 Å². The first kappa shape index (κ1) is 18.0. The van der Waals surface area contributed by atoms with Crippen LogP contribution in [0, 0.1) is 11.8 Å². The molecule has 0 radical (unpaired) electrons. The van der Waals surface area contributed by atoms with Crippen molar-refractivity contribution in [3.63, 3.8) is 0 Å². The molecule has 1 aliphatic rings. The summed E-state index contributed by atoms with van der Waals surface area (Å²) in [5.74, 6) is 0.576. The zero-order chi connectivity index (χ0) is 14.4. The van der Waals surface area contributed by atoms with Crippen molar-refractivity contribution in [2.45, 2.75) is 45.1 Å². The summed E-state index contributed by atoms with van der Waals surface area (Å²) in [7, 11) is 0. The van der Waals surface area contributed by atoms with Crippen LogP contribution in [-0.2, 0) is 11.2 Å². The van der Waals surface area contributed by atoms with Gasteiger partial charge in [0.05, 0.1) is 0 Å². The van der Waals surface area contributed by atoms with E-state index < -0.39 is 0 Å². The van der Waals surface area contributed by atoms with E-state index in [-0.39, 0.29) is 24.2 Å². The van der Waals surface area contributed by atoms with Crippen molar-refractivity contribution in [1.29, 1.82) is 0 Å². The number of amides is 1. The average molecular weight is 311 g/mol. The Hall–Kier alpha value is -1.06. The molecule has 3 nitrogen and oxygen atoms in total. The SMILES string of the molecule is CC(CN)C(=O)NC1CCCCC1Cc1ccccc1.Cl. The molecule has 3 N–H and O–H groups in total. The van der Waals surface area contributed by atoms with Gasteiger partial charge < -0.3 is 11.1 Å².